The lowest BCUT2D eigenvalue weighted by Gasteiger charge is -2.09. The minimum absolute atomic E-state index is 0.000469. The molecule has 7 heteroatoms. The maximum absolute atomic E-state index is 11.7. The lowest BCUT2D eigenvalue weighted by Crippen LogP contribution is -2.48. The van der Waals surface area contributed by atoms with Gasteiger partial charge in [0.2, 0.25) is 11.8 Å². The molecule has 0 saturated carbocycles. The smallest absolute Gasteiger partial charge is 0.250 e. The molecule has 1 aromatic carbocycles. The fraction of sp³-hybridized carbons (Fsp3) is 0.0625. The Kier molecular flexibility index (Phi) is 6.07. The number of hydrogen-bond acceptors (Lipinski definition) is 4. The SMILES string of the molecule is O=C(C=Cc1ccco1)NC(=S)NNC(=O)Cc1ccccc1. The quantitative estimate of drug-likeness (QED) is 0.450. The van der Waals surface area contributed by atoms with E-state index < -0.39 is 5.91 Å². The van der Waals surface area contributed by atoms with Crippen molar-refractivity contribution >= 4 is 35.2 Å². The van der Waals surface area contributed by atoms with Gasteiger partial charge >= 0.3 is 0 Å². The Labute approximate surface area is 138 Å². The second-order valence-corrected chi connectivity index (χ2v) is 4.91. The zero-order valence-corrected chi connectivity index (χ0v) is 12.9. The first-order valence-corrected chi connectivity index (χ1v) is 7.19. The first-order valence-electron chi connectivity index (χ1n) is 6.79. The maximum Gasteiger partial charge on any atom is 0.250 e. The van der Waals surface area contributed by atoms with Gasteiger partial charge in [0.25, 0.3) is 0 Å². The zero-order valence-electron chi connectivity index (χ0n) is 12.1. The fourth-order valence-corrected chi connectivity index (χ4v) is 1.83. The largest absolute Gasteiger partial charge is 0.465 e. The molecule has 3 N–H and O–H groups in total. The summed E-state index contributed by atoms with van der Waals surface area (Å²) in [7, 11) is 0. The average Bonchev–Trinajstić information content (AvgIpc) is 3.05. The van der Waals surface area contributed by atoms with Gasteiger partial charge in [-0.2, -0.15) is 0 Å². The molecule has 1 heterocycles. The number of furan rings is 1. The van der Waals surface area contributed by atoms with E-state index in [0.29, 0.717) is 5.76 Å². The molecule has 0 radical (unpaired) electrons. The van der Waals surface area contributed by atoms with E-state index in [1.807, 2.05) is 30.3 Å². The molecule has 0 aliphatic rings. The summed E-state index contributed by atoms with van der Waals surface area (Å²) >= 11 is 4.91. The lowest BCUT2D eigenvalue weighted by molar-refractivity contribution is -0.121. The zero-order chi connectivity index (χ0) is 16.5. The minimum atomic E-state index is -0.434. The van der Waals surface area contributed by atoms with Crippen LogP contribution in [0.3, 0.4) is 0 Å². The summed E-state index contributed by atoms with van der Waals surface area (Å²) < 4.78 is 5.05. The molecule has 0 fully saturated rings. The van der Waals surface area contributed by atoms with Crippen molar-refractivity contribution in [3.63, 3.8) is 0 Å². The maximum atomic E-state index is 11.7. The van der Waals surface area contributed by atoms with Gasteiger partial charge in [-0.25, -0.2) is 0 Å². The van der Waals surface area contributed by atoms with Crippen LogP contribution < -0.4 is 16.2 Å². The van der Waals surface area contributed by atoms with Crippen LogP contribution in [0, 0.1) is 0 Å². The Morgan fingerprint density at radius 3 is 2.57 bits per heavy atom. The summed E-state index contributed by atoms with van der Waals surface area (Å²) in [6, 6.07) is 12.7. The summed E-state index contributed by atoms with van der Waals surface area (Å²) in [4.78, 5) is 23.3. The third kappa shape index (κ3) is 6.15. The molecule has 0 bridgehead atoms. The highest BCUT2D eigenvalue weighted by Crippen LogP contribution is 2.01. The second kappa shape index (κ2) is 8.50. The van der Waals surface area contributed by atoms with E-state index in [4.69, 9.17) is 16.6 Å². The third-order valence-corrected chi connectivity index (χ3v) is 2.91. The summed E-state index contributed by atoms with van der Waals surface area (Å²) in [5.74, 6) is -0.148. The number of hydrazine groups is 1. The molecule has 0 aliphatic heterocycles. The van der Waals surface area contributed by atoms with Gasteiger partial charge in [0.05, 0.1) is 12.7 Å². The van der Waals surface area contributed by atoms with Crippen molar-refractivity contribution in [3.05, 3.63) is 66.1 Å². The molecule has 0 saturated heterocycles. The van der Waals surface area contributed by atoms with Crippen molar-refractivity contribution in [2.24, 2.45) is 0 Å². The van der Waals surface area contributed by atoms with Crippen molar-refractivity contribution in [2.75, 3.05) is 0 Å². The van der Waals surface area contributed by atoms with Crippen LogP contribution in [0.15, 0.2) is 59.2 Å². The molecular weight excluding hydrogens is 314 g/mol. The number of carbonyl (C=O) groups is 2. The van der Waals surface area contributed by atoms with Crippen molar-refractivity contribution in [2.45, 2.75) is 6.42 Å². The van der Waals surface area contributed by atoms with Crippen LogP contribution in [0.25, 0.3) is 6.08 Å². The Morgan fingerprint density at radius 1 is 1.09 bits per heavy atom. The van der Waals surface area contributed by atoms with E-state index >= 15 is 0 Å². The molecule has 2 amide bonds. The normalized spacial score (nSPS) is 10.3. The third-order valence-electron chi connectivity index (χ3n) is 2.70. The van der Waals surface area contributed by atoms with Crippen molar-refractivity contribution in [3.8, 4) is 0 Å². The molecule has 0 unspecified atom stereocenters. The number of amides is 2. The van der Waals surface area contributed by atoms with Crippen molar-refractivity contribution in [1.29, 1.82) is 0 Å². The monoisotopic (exact) mass is 329 g/mol. The van der Waals surface area contributed by atoms with Gasteiger partial charge in [-0.05, 0) is 36.0 Å². The summed E-state index contributed by atoms with van der Waals surface area (Å²) in [5.41, 5.74) is 5.77. The van der Waals surface area contributed by atoms with E-state index in [1.54, 1.807) is 12.1 Å². The van der Waals surface area contributed by atoms with Crippen LogP contribution in [0.4, 0.5) is 0 Å². The molecule has 1 aromatic heterocycles. The molecular formula is C16H15N3O3S. The summed E-state index contributed by atoms with van der Waals surface area (Å²) in [6.07, 6.45) is 4.50. The van der Waals surface area contributed by atoms with Crippen LogP contribution >= 0.6 is 12.2 Å². The van der Waals surface area contributed by atoms with Gasteiger partial charge in [0.15, 0.2) is 5.11 Å². The van der Waals surface area contributed by atoms with Crippen LogP contribution in [-0.2, 0) is 16.0 Å². The Bertz CT molecular complexity index is 697. The molecule has 118 valence electrons. The molecule has 23 heavy (non-hydrogen) atoms. The highest BCUT2D eigenvalue weighted by Gasteiger charge is 2.05. The number of benzene rings is 1. The van der Waals surface area contributed by atoms with Gasteiger partial charge in [-0.15, -0.1) is 0 Å². The number of carbonyl (C=O) groups excluding carboxylic acids is 2. The Morgan fingerprint density at radius 2 is 1.87 bits per heavy atom. The highest BCUT2D eigenvalue weighted by molar-refractivity contribution is 7.80. The minimum Gasteiger partial charge on any atom is -0.465 e. The topological polar surface area (TPSA) is 83.4 Å². The number of hydrogen-bond donors (Lipinski definition) is 3. The van der Waals surface area contributed by atoms with Crippen LogP contribution in [-0.4, -0.2) is 16.9 Å². The van der Waals surface area contributed by atoms with E-state index in [0.717, 1.165) is 5.56 Å². The second-order valence-electron chi connectivity index (χ2n) is 4.50. The van der Waals surface area contributed by atoms with Crippen molar-refractivity contribution in [1.82, 2.24) is 16.2 Å². The van der Waals surface area contributed by atoms with Crippen LogP contribution in [0.5, 0.6) is 0 Å². The molecule has 0 spiro atoms. The first kappa shape index (κ1) is 16.4. The number of thiocarbonyl (C=S) groups is 1. The predicted octanol–water partition coefficient (Wildman–Crippen LogP) is 1.56. The molecule has 2 rings (SSSR count). The van der Waals surface area contributed by atoms with Crippen molar-refractivity contribution < 1.29 is 14.0 Å². The Balaban J connectivity index is 1.70. The van der Waals surface area contributed by atoms with Gasteiger partial charge in [-0.1, -0.05) is 30.3 Å². The number of rotatable bonds is 4. The van der Waals surface area contributed by atoms with Gasteiger partial charge in [-0.3, -0.25) is 25.8 Å². The van der Waals surface area contributed by atoms with E-state index in [-0.39, 0.29) is 17.4 Å². The van der Waals surface area contributed by atoms with E-state index in [9.17, 15) is 9.59 Å². The predicted molar refractivity (Wildman–Crippen MR) is 89.9 cm³/mol. The molecule has 0 atom stereocenters. The number of nitrogens with one attached hydrogen (secondary N) is 3. The molecule has 2 aromatic rings. The Hall–Kier alpha value is -2.93. The summed E-state index contributed by atoms with van der Waals surface area (Å²) in [6.45, 7) is 0. The summed E-state index contributed by atoms with van der Waals surface area (Å²) in [5, 5.41) is 2.40. The molecule has 6 nitrogen and oxygen atoms in total. The first-order chi connectivity index (χ1) is 11.1. The highest BCUT2D eigenvalue weighted by atomic mass is 32.1. The van der Waals surface area contributed by atoms with Crippen LogP contribution in [0.1, 0.15) is 11.3 Å². The standard InChI is InChI=1S/C16H15N3O3S/c20-14(9-8-13-7-4-10-22-13)17-16(23)19-18-15(21)11-12-5-2-1-3-6-12/h1-10H,11H2,(H,18,21)(H2,17,19,20,23). The average molecular weight is 329 g/mol. The van der Waals surface area contributed by atoms with Crippen LogP contribution in [0.2, 0.25) is 0 Å². The van der Waals surface area contributed by atoms with E-state index in [1.165, 1.54) is 18.4 Å². The van der Waals surface area contributed by atoms with Gasteiger partial charge in [0.1, 0.15) is 5.76 Å². The lowest BCUT2D eigenvalue weighted by atomic mass is 10.1. The van der Waals surface area contributed by atoms with Gasteiger partial charge in [0, 0.05) is 6.08 Å². The van der Waals surface area contributed by atoms with Gasteiger partial charge < -0.3 is 4.42 Å². The molecule has 0 aliphatic carbocycles. The fourth-order valence-electron chi connectivity index (χ4n) is 1.68. The van der Waals surface area contributed by atoms with E-state index in [2.05, 4.69) is 16.2 Å².